The summed E-state index contributed by atoms with van der Waals surface area (Å²) in [7, 11) is -8.53. The Kier molecular flexibility index (Phi) is 5.69. The van der Waals surface area contributed by atoms with Crippen LogP contribution in [0.2, 0.25) is 0 Å². The molecule has 0 saturated heterocycles. The van der Waals surface area contributed by atoms with Crippen molar-refractivity contribution in [3.05, 3.63) is 58.7 Å². The third-order valence-electron chi connectivity index (χ3n) is 5.34. The van der Waals surface area contributed by atoms with Crippen molar-refractivity contribution >= 4 is 20.2 Å². The standard InChI is InChI=1S/C20H24O6S2/c1-13-3-5-19(27(21,22)23)17(7-13)11-15-9-16(10-15)12-18-8-14(2)4-6-20(18)28(24,25)26/h3-8,15-16H,9-12H2,1-2H3,(H,21,22,23)(H,24,25,26). The molecule has 1 aliphatic carbocycles. The van der Waals surface area contributed by atoms with E-state index in [4.69, 9.17) is 0 Å². The molecule has 0 aliphatic heterocycles. The molecular weight excluding hydrogens is 400 g/mol. The number of hydrogen-bond acceptors (Lipinski definition) is 4. The van der Waals surface area contributed by atoms with Crippen LogP contribution in [0.15, 0.2) is 46.2 Å². The zero-order valence-corrected chi connectivity index (χ0v) is 17.4. The van der Waals surface area contributed by atoms with Crippen molar-refractivity contribution in [1.82, 2.24) is 0 Å². The highest BCUT2D eigenvalue weighted by atomic mass is 32.2. The summed E-state index contributed by atoms with van der Waals surface area (Å²) in [5.41, 5.74) is 3.08. The van der Waals surface area contributed by atoms with E-state index < -0.39 is 20.2 Å². The van der Waals surface area contributed by atoms with Crippen molar-refractivity contribution in [2.24, 2.45) is 11.8 Å². The van der Waals surface area contributed by atoms with E-state index in [1.165, 1.54) is 12.1 Å². The fourth-order valence-electron chi connectivity index (χ4n) is 4.07. The maximum atomic E-state index is 11.6. The van der Waals surface area contributed by atoms with E-state index in [-0.39, 0.29) is 21.6 Å². The Balaban J connectivity index is 1.70. The Morgan fingerprint density at radius 1 is 0.750 bits per heavy atom. The van der Waals surface area contributed by atoms with Crippen LogP contribution in [0.25, 0.3) is 0 Å². The van der Waals surface area contributed by atoms with Gasteiger partial charge in [0.25, 0.3) is 20.2 Å². The Labute approximate surface area is 166 Å². The van der Waals surface area contributed by atoms with Crippen LogP contribution in [0.4, 0.5) is 0 Å². The lowest BCUT2D eigenvalue weighted by Gasteiger charge is -2.36. The molecule has 2 N–H and O–H groups in total. The summed E-state index contributed by atoms with van der Waals surface area (Å²) < 4.78 is 65.3. The molecule has 0 radical (unpaired) electrons. The number of aryl methyl sites for hydroxylation is 2. The van der Waals surface area contributed by atoms with Gasteiger partial charge in [-0.25, -0.2) is 0 Å². The molecule has 1 saturated carbocycles. The maximum absolute atomic E-state index is 11.6. The second kappa shape index (κ2) is 7.59. The predicted molar refractivity (Wildman–Crippen MR) is 106 cm³/mol. The third kappa shape index (κ3) is 4.81. The molecule has 0 bridgehead atoms. The molecule has 8 heteroatoms. The summed E-state index contributed by atoms with van der Waals surface area (Å²) in [6.45, 7) is 3.74. The summed E-state index contributed by atoms with van der Waals surface area (Å²) >= 11 is 0. The molecule has 2 aromatic rings. The summed E-state index contributed by atoms with van der Waals surface area (Å²) in [4.78, 5) is -0.0946. The highest BCUT2D eigenvalue weighted by Gasteiger charge is 2.32. The Hall–Kier alpha value is -1.74. The lowest BCUT2D eigenvalue weighted by atomic mass is 9.70. The quantitative estimate of drug-likeness (QED) is 0.686. The molecule has 1 aliphatic rings. The van der Waals surface area contributed by atoms with Crippen LogP contribution in [0.3, 0.4) is 0 Å². The van der Waals surface area contributed by atoms with E-state index in [2.05, 4.69) is 0 Å². The average molecular weight is 425 g/mol. The van der Waals surface area contributed by atoms with Gasteiger partial charge in [0.15, 0.2) is 0 Å². The summed E-state index contributed by atoms with van der Waals surface area (Å²) in [6.07, 6.45) is 2.76. The molecule has 0 spiro atoms. The summed E-state index contributed by atoms with van der Waals surface area (Å²) in [6, 6.07) is 9.75. The molecule has 0 atom stereocenters. The van der Waals surface area contributed by atoms with Gasteiger partial charge in [-0.15, -0.1) is 0 Å². The number of hydrogen-bond donors (Lipinski definition) is 2. The SMILES string of the molecule is Cc1ccc(S(=O)(=O)O)c(CC2CC(Cc3cc(C)ccc3S(=O)(=O)O)C2)c1. The zero-order valence-electron chi connectivity index (χ0n) is 15.8. The molecule has 0 heterocycles. The van der Waals surface area contributed by atoms with Crippen LogP contribution >= 0.6 is 0 Å². The highest BCUT2D eigenvalue weighted by molar-refractivity contribution is 7.86. The first-order valence-electron chi connectivity index (χ1n) is 9.07. The van der Waals surface area contributed by atoms with Crippen LogP contribution in [-0.4, -0.2) is 25.9 Å². The molecule has 0 unspecified atom stereocenters. The van der Waals surface area contributed by atoms with Gasteiger partial charge in [0.05, 0.1) is 9.79 Å². The highest BCUT2D eigenvalue weighted by Crippen LogP contribution is 2.40. The Morgan fingerprint density at radius 3 is 1.43 bits per heavy atom. The minimum absolute atomic E-state index is 0.0473. The van der Waals surface area contributed by atoms with Crippen LogP contribution in [0.5, 0.6) is 0 Å². The first-order valence-corrected chi connectivity index (χ1v) is 12.0. The topological polar surface area (TPSA) is 109 Å². The Morgan fingerprint density at radius 2 is 1.11 bits per heavy atom. The van der Waals surface area contributed by atoms with Crippen molar-refractivity contribution in [1.29, 1.82) is 0 Å². The van der Waals surface area contributed by atoms with Gasteiger partial charge >= 0.3 is 0 Å². The summed E-state index contributed by atoms with van der Waals surface area (Å²) in [5.74, 6) is 0.539. The van der Waals surface area contributed by atoms with Crippen LogP contribution < -0.4 is 0 Å². The van der Waals surface area contributed by atoms with Gasteiger partial charge in [-0.05, 0) is 74.6 Å². The van der Waals surface area contributed by atoms with E-state index in [9.17, 15) is 25.9 Å². The number of rotatable bonds is 6. The lowest BCUT2D eigenvalue weighted by Crippen LogP contribution is -2.28. The minimum Gasteiger partial charge on any atom is -0.282 e. The first kappa shape index (κ1) is 21.0. The van der Waals surface area contributed by atoms with Crippen molar-refractivity contribution in [2.45, 2.75) is 49.3 Å². The van der Waals surface area contributed by atoms with Gasteiger partial charge in [-0.1, -0.05) is 35.4 Å². The van der Waals surface area contributed by atoms with Gasteiger partial charge in [-0.2, -0.15) is 16.8 Å². The van der Waals surface area contributed by atoms with Crippen LogP contribution in [0.1, 0.15) is 35.1 Å². The van der Waals surface area contributed by atoms with Crippen molar-refractivity contribution in [3.8, 4) is 0 Å². The van der Waals surface area contributed by atoms with E-state index in [1.54, 1.807) is 24.3 Å². The van der Waals surface area contributed by atoms with E-state index in [0.29, 0.717) is 24.0 Å². The molecule has 0 amide bonds. The fourth-order valence-corrected chi connectivity index (χ4v) is 5.50. The monoisotopic (exact) mass is 424 g/mol. The molecule has 3 rings (SSSR count). The van der Waals surface area contributed by atoms with Crippen LogP contribution in [-0.2, 0) is 33.1 Å². The van der Waals surface area contributed by atoms with Crippen LogP contribution in [0, 0.1) is 25.7 Å². The Bertz CT molecular complexity index is 1010. The molecule has 152 valence electrons. The summed E-state index contributed by atoms with van der Waals surface area (Å²) in [5, 5.41) is 0. The van der Waals surface area contributed by atoms with Gasteiger partial charge in [0.2, 0.25) is 0 Å². The van der Waals surface area contributed by atoms with Gasteiger partial charge < -0.3 is 0 Å². The second-order valence-electron chi connectivity index (χ2n) is 7.78. The normalized spacial score (nSPS) is 20.0. The molecule has 1 fully saturated rings. The van der Waals surface area contributed by atoms with E-state index in [0.717, 1.165) is 24.0 Å². The largest absolute Gasteiger partial charge is 0.294 e. The maximum Gasteiger partial charge on any atom is 0.294 e. The molecular formula is C20H24O6S2. The lowest BCUT2D eigenvalue weighted by molar-refractivity contribution is 0.190. The fraction of sp³-hybridized carbons (Fsp3) is 0.400. The first-order chi connectivity index (χ1) is 12.9. The average Bonchev–Trinajstić information content (AvgIpc) is 2.50. The van der Waals surface area contributed by atoms with Gasteiger partial charge in [0.1, 0.15) is 0 Å². The molecule has 6 nitrogen and oxygen atoms in total. The molecule has 0 aromatic heterocycles. The molecule has 28 heavy (non-hydrogen) atoms. The second-order valence-corrected chi connectivity index (χ2v) is 10.6. The predicted octanol–water partition coefficient (Wildman–Crippen LogP) is 3.61. The van der Waals surface area contributed by atoms with Gasteiger partial charge in [0, 0.05) is 0 Å². The number of benzene rings is 2. The van der Waals surface area contributed by atoms with Crippen molar-refractivity contribution in [3.63, 3.8) is 0 Å². The third-order valence-corrected chi connectivity index (χ3v) is 7.25. The molecule has 2 aromatic carbocycles. The van der Waals surface area contributed by atoms with E-state index >= 15 is 0 Å². The smallest absolute Gasteiger partial charge is 0.282 e. The van der Waals surface area contributed by atoms with E-state index in [1.807, 2.05) is 13.8 Å². The minimum atomic E-state index is -4.26. The zero-order chi connectivity index (χ0) is 20.7. The van der Waals surface area contributed by atoms with Gasteiger partial charge in [-0.3, -0.25) is 9.11 Å². The van der Waals surface area contributed by atoms with Crippen molar-refractivity contribution in [2.75, 3.05) is 0 Å². The van der Waals surface area contributed by atoms with Crippen molar-refractivity contribution < 1.29 is 25.9 Å².